The number of carboxylic acid groups (broad SMARTS) is 1. The normalized spacial score (nSPS) is 16.5. The van der Waals surface area contributed by atoms with Gasteiger partial charge in [-0.2, -0.15) is 23.5 Å². The van der Waals surface area contributed by atoms with Gasteiger partial charge in [0, 0.05) is 42.7 Å². The quantitative estimate of drug-likeness (QED) is 0.0601. The van der Waals surface area contributed by atoms with E-state index in [4.69, 9.17) is 11.5 Å². The number of nitrogens with zero attached hydrogens (tertiary/aromatic N) is 2. The summed E-state index contributed by atoms with van der Waals surface area (Å²) in [5, 5.41) is 21.3. The maximum absolute atomic E-state index is 14.0. The molecule has 6 atom stereocenters. The number of rotatable bonds is 23. The summed E-state index contributed by atoms with van der Waals surface area (Å²) < 4.78 is 0. The van der Waals surface area contributed by atoms with Gasteiger partial charge in [-0.3, -0.25) is 28.8 Å². The highest BCUT2D eigenvalue weighted by Gasteiger charge is 2.38. The minimum Gasteiger partial charge on any atom is -0.480 e. The number of imidazole rings is 1. The largest absolute Gasteiger partial charge is 0.480 e. The molecule has 2 aromatic heterocycles. The number of benzene rings is 1. The van der Waals surface area contributed by atoms with Crippen molar-refractivity contribution >= 4 is 75.8 Å². The number of aromatic nitrogens is 3. The van der Waals surface area contributed by atoms with Gasteiger partial charge in [-0.25, -0.2) is 9.78 Å². The first-order chi connectivity index (χ1) is 27.3. The maximum atomic E-state index is 14.0. The Morgan fingerprint density at radius 1 is 0.860 bits per heavy atom. The Hall–Kier alpha value is -5.08. The number of nitrogens with two attached hydrogens (primary N) is 2. The molecule has 0 bridgehead atoms. The van der Waals surface area contributed by atoms with E-state index in [1.807, 2.05) is 36.8 Å². The molecular formula is C37H52N10O8S2. The highest BCUT2D eigenvalue weighted by molar-refractivity contribution is 7.98. The monoisotopic (exact) mass is 828 g/mol. The summed E-state index contributed by atoms with van der Waals surface area (Å²) in [6.45, 7) is 0.250. The third kappa shape index (κ3) is 13.0. The van der Waals surface area contributed by atoms with Crippen LogP contribution in [0.1, 0.15) is 49.8 Å². The van der Waals surface area contributed by atoms with Crippen molar-refractivity contribution < 1.29 is 38.7 Å². The fourth-order valence-corrected chi connectivity index (χ4v) is 7.53. The van der Waals surface area contributed by atoms with E-state index in [9.17, 15) is 38.7 Å². The number of amides is 6. The summed E-state index contributed by atoms with van der Waals surface area (Å²) in [6, 6.07) is 0.654. The Morgan fingerprint density at radius 2 is 1.47 bits per heavy atom. The minimum atomic E-state index is -1.31. The van der Waals surface area contributed by atoms with Gasteiger partial charge >= 0.3 is 5.97 Å². The molecule has 57 heavy (non-hydrogen) atoms. The van der Waals surface area contributed by atoms with E-state index < -0.39 is 77.7 Å². The SMILES string of the molecule is CSCC[C@H](NC(=O)[C@H](Cc1c[nH]cn1)NC(=O)[C@H](CCC(N)=O)NC(=O)[C@@H](N)Cc1c[nH]c2ccccc12)C(=O)N[C@@H](CCSC)C(=O)N1CCC[C@H]1C(=O)O. The molecule has 3 aromatic rings. The zero-order chi connectivity index (χ0) is 41.5. The number of carbonyl (C=O) groups is 7. The van der Waals surface area contributed by atoms with Crippen LogP contribution in [0.25, 0.3) is 10.9 Å². The van der Waals surface area contributed by atoms with Gasteiger partial charge in [-0.15, -0.1) is 0 Å². The number of carboxylic acids is 1. The number of para-hydroxylation sites is 1. The molecule has 0 radical (unpaired) electrons. The van der Waals surface area contributed by atoms with E-state index in [1.54, 1.807) is 6.20 Å². The van der Waals surface area contributed by atoms with Gasteiger partial charge in [0.2, 0.25) is 35.4 Å². The Morgan fingerprint density at radius 3 is 2.12 bits per heavy atom. The van der Waals surface area contributed by atoms with Crippen LogP contribution in [-0.4, -0.2) is 133 Å². The Bertz CT molecular complexity index is 1860. The Labute approximate surface area is 338 Å². The van der Waals surface area contributed by atoms with Crippen molar-refractivity contribution in [3.8, 4) is 0 Å². The van der Waals surface area contributed by atoms with Gasteiger partial charge in [0.25, 0.3) is 0 Å². The third-order valence-corrected chi connectivity index (χ3v) is 10.9. The molecule has 11 N–H and O–H groups in total. The van der Waals surface area contributed by atoms with Crippen LogP contribution in [0.2, 0.25) is 0 Å². The number of hydrogen-bond acceptors (Lipinski definition) is 11. The molecule has 0 unspecified atom stereocenters. The lowest BCUT2D eigenvalue weighted by atomic mass is 10.0. The number of H-pyrrole nitrogens is 2. The molecular weight excluding hydrogens is 777 g/mol. The van der Waals surface area contributed by atoms with Gasteiger partial charge in [0.1, 0.15) is 30.2 Å². The van der Waals surface area contributed by atoms with Crippen LogP contribution in [0.4, 0.5) is 0 Å². The molecule has 1 aliphatic rings. The molecule has 18 nitrogen and oxygen atoms in total. The zero-order valence-corrected chi connectivity index (χ0v) is 33.6. The average molecular weight is 829 g/mol. The van der Waals surface area contributed by atoms with Crippen LogP contribution in [0.15, 0.2) is 43.0 Å². The second kappa shape index (κ2) is 22.0. The van der Waals surface area contributed by atoms with E-state index in [-0.39, 0.29) is 45.1 Å². The minimum absolute atomic E-state index is 0.116. The molecule has 0 spiro atoms. The summed E-state index contributed by atoms with van der Waals surface area (Å²) in [6.07, 6.45) is 9.17. The molecule has 1 aromatic carbocycles. The van der Waals surface area contributed by atoms with Crippen molar-refractivity contribution in [2.45, 2.75) is 87.6 Å². The highest BCUT2D eigenvalue weighted by atomic mass is 32.2. The standard InChI is InChI=1S/C37H52N10O8S2/c1-56-14-11-27(34(51)45-28(12-15-57-2)36(53)47-13-5-8-30(47)37(54)55)44-35(52)29(17-22-19-40-20-42-22)46-33(50)26(9-10-31(39)48)43-32(49)24(38)16-21-18-41-25-7-4-3-6-23(21)25/h3-4,6-7,18-20,24,26-30,41H,5,8-17,38H2,1-2H3,(H2,39,48)(H,40,42)(H,43,49)(H,44,52)(H,45,51)(H,46,50)(H,54,55)/t24-,26-,27-,28-,29-,30-/m0/s1. The summed E-state index contributed by atoms with van der Waals surface area (Å²) >= 11 is 2.89. The molecule has 20 heteroatoms. The fourth-order valence-electron chi connectivity index (χ4n) is 6.59. The molecule has 1 aliphatic heterocycles. The van der Waals surface area contributed by atoms with Gasteiger partial charge in [0.05, 0.1) is 18.1 Å². The number of aromatic amines is 2. The molecule has 1 saturated heterocycles. The summed E-state index contributed by atoms with van der Waals surface area (Å²) in [5.74, 6) is -4.25. The molecule has 310 valence electrons. The molecule has 4 rings (SSSR count). The Balaban J connectivity index is 1.51. The Kier molecular flexibility index (Phi) is 17.2. The van der Waals surface area contributed by atoms with Crippen LogP contribution in [0.3, 0.4) is 0 Å². The third-order valence-electron chi connectivity index (χ3n) is 9.65. The van der Waals surface area contributed by atoms with Crippen LogP contribution in [-0.2, 0) is 46.4 Å². The van der Waals surface area contributed by atoms with Crippen molar-refractivity contribution in [1.29, 1.82) is 0 Å². The number of hydrogen-bond donors (Lipinski definition) is 9. The van der Waals surface area contributed by atoms with E-state index in [2.05, 4.69) is 36.2 Å². The number of likely N-dealkylation sites (tertiary alicyclic amines) is 1. The number of carbonyl (C=O) groups excluding carboxylic acids is 6. The average Bonchev–Trinajstić information content (AvgIpc) is 3.98. The van der Waals surface area contributed by atoms with Crippen molar-refractivity contribution in [2.75, 3.05) is 30.6 Å². The maximum Gasteiger partial charge on any atom is 0.326 e. The summed E-state index contributed by atoms with van der Waals surface area (Å²) in [5.41, 5.74) is 13.7. The van der Waals surface area contributed by atoms with E-state index in [0.29, 0.717) is 30.0 Å². The predicted octanol–water partition coefficient (Wildman–Crippen LogP) is -0.210. The lowest BCUT2D eigenvalue weighted by molar-refractivity contribution is -0.149. The molecule has 1 fully saturated rings. The first-order valence-corrected chi connectivity index (χ1v) is 21.4. The van der Waals surface area contributed by atoms with Gasteiger partial charge in [-0.1, -0.05) is 18.2 Å². The fraction of sp³-hybridized carbons (Fsp3) is 0.514. The molecule has 3 heterocycles. The summed E-state index contributed by atoms with van der Waals surface area (Å²) in [4.78, 5) is 104. The molecule has 0 saturated carbocycles. The number of thioether (sulfide) groups is 2. The number of aliphatic carboxylic acids is 1. The lowest BCUT2D eigenvalue weighted by Gasteiger charge is -2.29. The predicted molar refractivity (Wildman–Crippen MR) is 217 cm³/mol. The van der Waals surface area contributed by atoms with Gasteiger partial charge < -0.3 is 52.7 Å². The molecule has 6 amide bonds. The van der Waals surface area contributed by atoms with Crippen molar-refractivity contribution in [2.24, 2.45) is 11.5 Å². The second-order valence-electron chi connectivity index (χ2n) is 13.8. The van der Waals surface area contributed by atoms with Crippen LogP contribution < -0.4 is 32.7 Å². The van der Waals surface area contributed by atoms with Crippen LogP contribution in [0, 0.1) is 0 Å². The summed E-state index contributed by atoms with van der Waals surface area (Å²) in [7, 11) is 0. The van der Waals surface area contributed by atoms with Gasteiger partial charge in [-0.05, 0) is 74.2 Å². The first kappa shape index (κ1) is 44.6. The second-order valence-corrected chi connectivity index (χ2v) is 15.7. The van der Waals surface area contributed by atoms with Gasteiger partial charge in [0.15, 0.2) is 0 Å². The first-order valence-electron chi connectivity index (χ1n) is 18.6. The topological polar surface area (TPSA) is 288 Å². The van der Waals surface area contributed by atoms with E-state index >= 15 is 0 Å². The van der Waals surface area contributed by atoms with Crippen molar-refractivity contribution in [1.82, 2.24) is 41.1 Å². The van der Waals surface area contributed by atoms with E-state index in [1.165, 1.54) is 40.9 Å². The van der Waals surface area contributed by atoms with E-state index in [0.717, 1.165) is 16.5 Å². The highest BCUT2D eigenvalue weighted by Crippen LogP contribution is 2.21. The number of primary amides is 1. The zero-order valence-electron chi connectivity index (χ0n) is 32.0. The number of fused-ring (bicyclic) bond motifs is 1. The molecule has 0 aliphatic carbocycles. The number of nitrogens with one attached hydrogen (secondary N) is 6. The van der Waals surface area contributed by atoms with Crippen molar-refractivity contribution in [3.05, 3.63) is 54.2 Å². The van der Waals surface area contributed by atoms with Crippen LogP contribution in [0.5, 0.6) is 0 Å². The van der Waals surface area contributed by atoms with Crippen molar-refractivity contribution in [3.63, 3.8) is 0 Å². The smallest absolute Gasteiger partial charge is 0.326 e. The lowest BCUT2D eigenvalue weighted by Crippen LogP contribution is -2.60. The van der Waals surface area contributed by atoms with Crippen LogP contribution >= 0.6 is 23.5 Å².